The average molecular weight is 242 g/mol. The van der Waals surface area contributed by atoms with E-state index in [1.54, 1.807) is 0 Å². The predicted octanol–water partition coefficient (Wildman–Crippen LogP) is 0.995. The van der Waals surface area contributed by atoms with Crippen molar-refractivity contribution < 1.29 is 9.90 Å². The molecule has 4 nitrogen and oxygen atoms in total. The van der Waals surface area contributed by atoms with Gasteiger partial charge in [0.05, 0.1) is 5.60 Å². The lowest BCUT2D eigenvalue weighted by Gasteiger charge is -2.39. The van der Waals surface area contributed by atoms with Crippen LogP contribution >= 0.6 is 0 Å². The summed E-state index contributed by atoms with van der Waals surface area (Å²) < 4.78 is 0. The number of carbonyl (C=O) groups excluding carboxylic acids is 1. The standard InChI is InChI=1S/C13H26N2O2/c1-4-11(5-2)12(16)15-8-6-13(17,7-9-15)10-14-3/h11,14,17H,4-10H2,1-3H3. The molecule has 1 heterocycles. The van der Waals surface area contributed by atoms with E-state index in [0.29, 0.717) is 32.5 Å². The molecule has 0 radical (unpaired) electrons. The zero-order valence-electron chi connectivity index (χ0n) is 11.3. The molecular formula is C13H26N2O2. The van der Waals surface area contributed by atoms with Crippen molar-refractivity contribution in [2.45, 2.75) is 45.1 Å². The van der Waals surface area contributed by atoms with Gasteiger partial charge in [0.1, 0.15) is 0 Å². The third kappa shape index (κ3) is 3.68. The molecule has 0 aromatic heterocycles. The number of likely N-dealkylation sites (tertiary alicyclic amines) is 1. The Morgan fingerprint density at radius 2 is 1.88 bits per heavy atom. The zero-order valence-corrected chi connectivity index (χ0v) is 11.3. The Morgan fingerprint density at radius 3 is 2.29 bits per heavy atom. The fourth-order valence-corrected chi connectivity index (χ4v) is 2.55. The molecule has 0 bridgehead atoms. The lowest BCUT2D eigenvalue weighted by atomic mass is 9.90. The third-order valence-corrected chi connectivity index (χ3v) is 3.85. The fourth-order valence-electron chi connectivity index (χ4n) is 2.55. The minimum absolute atomic E-state index is 0.158. The number of amides is 1. The van der Waals surface area contributed by atoms with Crippen molar-refractivity contribution in [3.05, 3.63) is 0 Å². The molecule has 1 aliphatic rings. The highest BCUT2D eigenvalue weighted by molar-refractivity contribution is 5.78. The Kier molecular flexibility index (Phi) is 5.40. The van der Waals surface area contributed by atoms with E-state index in [4.69, 9.17) is 0 Å². The van der Waals surface area contributed by atoms with E-state index in [9.17, 15) is 9.90 Å². The molecule has 17 heavy (non-hydrogen) atoms. The molecule has 0 saturated carbocycles. The second-order valence-electron chi connectivity index (χ2n) is 5.09. The second kappa shape index (κ2) is 6.36. The maximum Gasteiger partial charge on any atom is 0.225 e. The van der Waals surface area contributed by atoms with Gasteiger partial charge in [-0.15, -0.1) is 0 Å². The number of nitrogens with one attached hydrogen (secondary N) is 1. The molecule has 0 aromatic rings. The molecule has 4 heteroatoms. The van der Waals surface area contributed by atoms with Crippen molar-refractivity contribution in [1.29, 1.82) is 0 Å². The molecule has 0 aromatic carbocycles. The van der Waals surface area contributed by atoms with Gasteiger partial charge in [0.15, 0.2) is 0 Å². The first-order chi connectivity index (χ1) is 8.06. The summed E-state index contributed by atoms with van der Waals surface area (Å²) in [4.78, 5) is 14.1. The zero-order chi connectivity index (χ0) is 12.9. The molecule has 1 rings (SSSR count). The first-order valence-corrected chi connectivity index (χ1v) is 6.72. The molecule has 1 saturated heterocycles. The van der Waals surface area contributed by atoms with Crippen LogP contribution in [0.5, 0.6) is 0 Å². The van der Waals surface area contributed by atoms with Crippen LogP contribution in [-0.2, 0) is 4.79 Å². The van der Waals surface area contributed by atoms with Crippen LogP contribution in [0.15, 0.2) is 0 Å². The monoisotopic (exact) mass is 242 g/mol. The van der Waals surface area contributed by atoms with Gasteiger partial charge >= 0.3 is 0 Å². The van der Waals surface area contributed by atoms with Crippen molar-refractivity contribution in [2.24, 2.45) is 5.92 Å². The molecule has 1 fully saturated rings. The van der Waals surface area contributed by atoms with Crippen LogP contribution in [0.2, 0.25) is 0 Å². The number of nitrogens with zero attached hydrogens (tertiary/aromatic N) is 1. The van der Waals surface area contributed by atoms with Gasteiger partial charge in [-0.05, 0) is 32.7 Å². The van der Waals surface area contributed by atoms with Crippen LogP contribution in [0.4, 0.5) is 0 Å². The number of rotatable bonds is 5. The van der Waals surface area contributed by atoms with E-state index in [1.807, 2.05) is 11.9 Å². The van der Waals surface area contributed by atoms with Crippen LogP contribution in [-0.4, -0.2) is 48.2 Å². The summed E-state index contributed by atoms with van der Waals surface area (Å²) in [6, 6.07) is 0. The summed E-state index contributed by atoms with van der Waals surface area (Å²) in [5, 5.41) is 13.2. The summed E-state index contributed by atoms with van der Waals surface area (Å²) in [5.41, 5.74) is -0.626. The highest BCUT2D eigenvalue weighted by Crippen LogP contribution is 2.23. The molecule has 1 aliphatic heterocycles. The predicted molar refractivity (Wildman–Crippen MR) is 68.8 cm³/mol. The van der Waals surface area contributed by atoms with Crippen molar-refractivity contribution in [3.8, 4) is 0 Å². The van der Waals surface area contributed by atoms with Gasteiger partial charge in [-0.2, -0.15) is 0 Å². The quantitative estimate of drug-likeness (QED) is 0.756. The average Bonchev–Trinajstić information content (AvgIpc) is 2.31. The Balaban J connectivity index is 2.48. The summed E-state index contributed by atoms with van der Waals surface area (Å²) in [6.45, 7) is 6.11. The SMILES string of the molecule is CCC(CC)C(=O)N1CCC(O)(CNC)CC1. The number of piperidine rings is 1. The van der Waals surface area contributed by atoms with Gasteiger partial charge in [-0.1, -0.05) is 13.8 Å². The normalized spacial score (nSPS) is 19.7. The smallest absolute Gasteiger partial charge is 0.225 e. The number of hydrogen-bond acceptors (Lipinski definition) is 3. The minimum Gasteiger partial charge on any atom is -0.388 e. The van der Waals surface area contributed by atoms with E-state index in [-0.39, 0.29) is 11.8 Å². The molecule has 1 amide bonds. The van der Waals surface area contributed by atoms with Gasteiger partial charge < -0.3 is 15.3 Å². The molecule has 2 N–H and O–H groups in total. The summed E-state index contributed by atoms with van der Waals surface area (Å²) >= 11 is 0. The van der Waals surface area contributed by atoms with Gasteiger partial charge in [-0.25, -0.2) is 0 Å². The maximum atomic E-state index is 12.2. The van der Waals surface area contributed by atoms with Gasteiger partial charge in [0.2, 0.25) is 5.91 Å². The number of aliphatic hydroxyl groups is 1. The summed E-state index contributed by atoms with van der Waals surface area (Å²) in [6.07, 6.45) is 3.18. The van der Waals surface area contributed by atoms with E-state index in [2.05, 4.69) is 19.2 Å². The van der Waals surface area contributed by atoms with Crippen molar-refractivity contribution in [1.82, 2.24) is 10.2 Å². The molecule has 0 atom stereocenters. The van der Waals surface area contributed by atoms with Gasteiger partial charge in [0.25, 0.3) is 0 Å². The van der Waals surface area contributed by atoms with E-state index in [1.165, 1.54) is 0 Å². The maximum absolute atomic E-state index is 12.2. The Labute approximate surface area is 104 Å². The second-order valence-corrected chi connectivity index (χ2v) is 5.09. The molecule has 0 unspecified atom stereocenters. The lowest BCUT2D eigenvalue weighted by molar-refractivity contribution is -0.139. The topological polar surface area (TPSA) is 52.6 Å². The van der Waals surface area contributed by atoms with Crippen LogP contribution in [0.1, 0.15) is 39.5 Å². The van der Waals surface area contributed by atoms with E-state index >= 15 is 0 Å². The largest absolute Gasteiger partial charge is 0.388 e. The third-order valence-electron chi connectivity index (χ3n) is 3.85. The van der Waals surface area contributed by atoms with Crippen molar-refractivity contribution in [2.75, 3.05) is 26.7 Å². The van der Waals surface area contributed by atoms with Crippen LogP contribution in [0.25, 0.3) is 0 Å². The lowest BCUT2D eigenvalue weighted by Crippen LogP contribution is -2.51. The first kappa shape index (κ1) is 14.5. The van der Waals surface area contributed by atoms with E-state index in [0.717, 1.165) is 12.8 Å². The highest BCUT2D eigenvalue weighted by atomic mass is 16.3. The Bertz CT molecular complexity index is 244. The molecular weight excluding hydrogens is 216 g/mol. The molecule has 100 valence electrons. The van der Waals surface area contributed by atoms with Crippen molar-refractivity contribution >= 4 is 5.91 Å². The van der Waals surface area contributed by atoms with E-state index < -0.39 is 5.60 Å². The van der Waals surface area contributed by atoms with Crippen LogP contribution in [0.3, 0.4) is 0 Å². The highest BCUT2D eigenvalue weighted by Gasteiger charge is 2.34. The van der Waals surface area contributed by atoms with Crippen LogP contribution in [0, 0.1) is 5.92 Å². The Hall–Kier alpha value is -0.610. The number of carbonyl (C=O) groups is 1. The first-order valence-electron chi connectivity index (χ1n) is 6.72. The minimum atomic E-state index is -0.626. The molecule has 0 aliphatic carbocycles. The fraction of sp³-hybridized carbons (Fsp3) is 0.923. The summed E-state index contributed by atoms with van der Waals surface area (Å²) in [7, 11) is 1.85. The van der Waals surface area contributed by atoms with Gasteiger partial charge in [-0.3, -0.25) is 4.79 Å². The summed E-state index contributed by atoms with van der Waals surface area (Å²) in [5.74, 6) is 0.423. The number of likely N-dealkylation sites (N-methyl/N-ethyl adjacent to an activating group) is 1. The molecule has 0 spiro atoms. The van der Waals surface area contributed by atoms with Crippen LogP contribution < -0.4 is 5.32 Å². The van der Waals surface area contributed by atoms with Crippen molar-refractivity contribution in [3.63, 3.8) is 0 Å². The Morgan fingerprint density at radius 1 is 1.35 bits per heavy atom. The number of hydrogen-bond donors (Lipinski definition) is 2. The van der Waals surface area contributed by atoms with Gasteiger partial charge in [0, 0.05) is 25.6 Å².